The van der Waals surface area contributed by atoms with Crippen molar-refractivity contribution in [3.8, 4) is 22.1 Å². The standard InChI is InChI=1S/C27H21Cl2FN4O4S/c1-13(34(27(35)36)17-5-4-6-31-11-17)14(2)38-20-10-21-25(22(29)23(20)30)33-26(39-21)19-9-16(28)7-15-8-18(37-3)12-32-24(15)19/h4-14H,1-3H3,(H,35,36). The summed E-state index contributed by atoms with van der Waals surface area (Å²) in [5, 5.41) is 11.4. The molecule has 12 heteroatoms. The van der Waals surface area contributed by atoms with Crippen LogP contribution in [0.3, 0.4) is 0 Å². The maximum atomic E-state index is 15.4. The quantitative estimate of drug-likeness (QED) is 0.208. The average molecular weight is 587 g/mol. The number of fused-ring (bicyclic) bond motifs is 2. The number of hydrogen-bond acceptors (Lipinski definition) is 7. The summed E-state index contributed by atoms with van der Waals surface area (Å²) in [7, 11) is 1.55. The molecular formula is C27H21Cl2FN4O4S. The minimum Gasteiger partial charge on any atom is -0.495 e. The van der Waals surface area contributed by atoms with Gasteiger partial charge in [-0.1, -0.05) is 23.2 Å². The van der Waals surface area contributed by atoms with Gasteiger partial charge in [0.1, 0.15) is 27.4 Å². The minimum absolute atomic E-state index is 0.114. The van der Waals surface area contributed by atoms with Gasteiger partial charge in [0.2, 0.25) is 0 Å². The first-order valence-electron chi connectivity index (χ1n) is 11.7. The van der Waals surface area contributed by atoms with Gasteiger partial charge in [-0.2, -0.15) is 0 Å². The number of nitrogens with zero attached hydrogens (tertiary/aromatic N) is 4. The molecular weight excluding hydrogens is 566 g/mol. The van der Waals surface area contributed by atoms with E-state index in [1.54, 1.807) is 57.6 Å². The molecule has 0 saturated heterocycles. The fourth-order valence-electron chi connectivity index (χ4n) is 4.18. The lowest BCUT2D eigenvalue weighted by Crippen LogP contribution is -2.46. The molecule has 0 aliphatic heterocycles. The molecule has 0 aliphatic rings. The Hall–Kier alpha value is -3.73. The van der Waals surface area contributed by atoms with Crippen LogP contribution in [-0.4, -0.2) is 45.4 Å². The number of carbonyl (C=O) groups is 1. The largest absolute Gasteiger partial charge is 0.495 e. The second-order valence-corrected chi connectivity index (χ2v) is 10.5. The normalized spacial score (nSPS) is 12.9. The van der Waals surface area contributed by atoms with Gasteiger partial charge in [-0.3, -0.25) is 14.9 Å². The Kier molecular flexibility index (Phi) is 7.44. The molecule has 8 nitrogen and oxygen atoms in total. The molecule has 200 valence electrons. The van der Waals surface area contributed by atoms with E-state index >= 15 is 4.39 Å². The monoisotopic (exact) mass is 586 g/mol. The lowest BCUT2D eigenvalue weighted by atomic mass is 10.1. The van der Waals surface area contributed by atoms with E-state index in [0.717, 1.165) is 10.3 Å². The number of halogens is 3. The fraction of sp³-hybridized carbons (Fsp3) is 0.185. The highest BCUT2D eigenvalue weighted by Gasteiger charge is 2.29. The third kappa shape index (κ3) is 5.15. The van der Waals surface area contributed by atoms with E-state index in [9.17, 15) is 9.90 Å². The molecule has 2 unspecified atom stereocenters. The number of benzene rings is 2. The Labute approximate surface area is 236 Å². The Morgan fingerprint density at radius 2 is 1.95 bits per heavy atom. The van der Waals surface area contributed by atoms with E-state index in [-0.39, 0.29) is 16.3 Å². The lowest BCUT2D eigenvalue weighted by molar-refractivity contribution is 0.167. The van der Waals surface area contributed by atoms with E-state index in [4.69, 9.17) is 32.7 Å². The molecule has 5 aromatic rings. The van der Waals surface area contributed by atoms with Crippen molar-refractivity contribution in [1.29, 1.82) is 0 Å². The molecule has 5 rings (SSSR count). The van der Waals surface area contributed by atoms with E-state index in [1.807, 2.05) is 6.07 Å². The van der Waals surface area contributed by atoms with Crippen LogP contribution < -0.4 is 14.4 Å². The van der Waals surface area contributed by atoms with Crippen molar-refractivity contribution in [2.45, 2.75) is 26.0 Å². The van der Waals surface area contributed by atoms with Gasteiger partial charge in [0, 0.05) is 28.2 Å². The highest BCUT2D eigenvalue weighted by Crippen LogP contribution is 2.41. The maximum absolute atomic E-state index is 15.4. The predicted molar refractivity (Wildman–Crippen MR) is 151 cm³/mol. The van der Waals surface area contributed by atoms with Crippen molar-refractivity contribution < 1.29 is 23.8 Å². The summed E-state index contributed by atoms with van der Waals surface area (Å²) < 4.78 is 27.1. The van der Waals surface area contributed by atoms with Crippen LogP contribution in [0.4, 0.5) is 14.9 Å². The van der Waals surface area contributed by atoms with Gasteiger partial charge < -0.3 is 14.6 Å². The third-order valence-electron chi connectivity index (χ3n) is 6.25. The van der Waals surface area contributed by atoms with Crippen molar-refractivity contribution >= 4 is 67.4 Å². The Morgan fingerprint density at radius 3 is 2.64 bits per heavy atom. The molecule has 0 radical (unpaired) electrons. The van der Waals surface area contributed by atoms with Crippen molar-refractivity contribution in [3.05, 3.63) is 70.9 Å². The number of ether oxygens (including phenoxy) is 2. The van der Waals surface area contributed by atoms with E-state index in [2.05, 4.69) is 15.0 Å². The number of amides is 1. The molecule has 1 N–H and O–H groups in total. The zero-order valence-corrected chi connectivity index (χ0v) is 23.2. The number of carboxylic acid groups (broad SMARTS) is 1. The highest BCUT2D eigenvalue weighted by molar-refractivity contribution is 7.21. The van der Waals surface area contributed by atoms with Gasteiger partial charge in [-0.25, -0.2) is 14.2 Å². The first-order valence-corrected chi connectivity index (χ1v) is 13.3. The van der Waals surface area contributed by atoms with E-state index < -0.39 is 24.1 Å². The van der Waals surface area contributed by atoms with Crippen molar-refractivity contribution in [2.24, 2.45) is 0 Å². The van der Waals surface area contributed by atoms with Crippen LogP contribution in [0, 0.1) is 5.82 Å². The van der Waals surface area contributed by atoms with Gasteiger partial charge in [-0.15, -0.1) is 11.3 Å². The topological polar surface area (TPSA) is 97.7 Å². The zero-order valence-electron chi connectivity index (χ0n) is 20.9. The Bertz CT molecular complexity index is 1700. The van der Waals surface area contributed by atoms with Crippen LogP contribution in [0.15, 0.2) is 55.0 Å². The van der Waals surface area contributed by atoms with Gasteiger partial charge in [-0.05, 0) is 44.2 Å². The second kappa shape index (κ2) is 10.8. The number of rotatable bonds is 7. The molecule has 39 heavy (non-hydrogen) atoms. The average Bonchev–Trinajstić information content (AvgIpc) is 3.35. The number of aromatic nitrogens is 3. The molecule has 3 aromatic heterocycles. The maximum Gasteiger partial charge on any atom is 0.412 e. The second-order valence-electron chi connectivity index (χ2n) is 8.70. The van der Waals surface area contributed by atoms with Crippen LogP contribution in [0.2, 0.25) is 10.0 Å². The van der Waals surface area contributed by atoms with Crippen LogP contribution >= 0.6 is 34.5 Å². The first kappa shape index (κ1) is 26.9. The highest BCUT2D eigenvalue weighted by atomic mass is 35.5. The van der Waals surface area contributed by atoms with Gasteiger partial charge in [0.25, 0.3) is 0 Å². The minimum atomic E-state index is -1.19. The summed E-state index contributed by atoms with van der Waals surface area (Å²) in [6.07, 6.45) is 2.65. The van der Waals surface area contributed by atoms with Crippen LogP contribution in [-0.2, 0) is 0 Å². The summed E-state index contributed by atoms with van der Waals surface area (Å²) in [5.41, 5.74) is 1.95. The molecule has 2 atom stereocenters. The summed E-state index contributed by atoms with van der Waals surface area (Å²) in [6, 6.07) is 9.42. The SMILES string of the molecule is COc1cnc2c(-c3nc4c(Cl)c(F)c(OC(C)C(C)N(C(=O)O)c5cccnc5)cc4s3)cc(Cl)cc2c1. The zero-order chi connectivity index (χ0) is 27.8. The van der Waals surface area contributed by atoms with Crippen LogP contribution in [0.25, 0.3) is 31.7 Å². The molecule has 0 fully saturated rings. The Balaban J connectivity index is 1.51. The number of hydrogen-bond donors (Lipinski definition) is 1. The molecule has 0 saturated carbocycles. The number of thiazole rings is 1. The number of pyridine rings is 2. The summed E-state index contributed by atoms with van der Waals surface area (Å²) in [5.74, 6) is -0.320. The smallest absolute Gasteiger partial charge is 0.412 e. The van der Waals surface area contributed by atoms with Gasteiger partial charge in [0.15, 0.2) is 11.6 Å². The molecule has 0 spiro atoms. The van der Waals surface area contributed by atoms with Gasteiger partial charge in [0.05, 0.1) is 41.4 Å². The van der Waals surface area contributed by atoms with E-state index in [0.29, 0.717) is 37.2 Å². The lowest BCUT2D eigenvalue weighted by Gasteiger charge is -2.31. The number of anilines is 1. The summed E-state index contributed by atoms with van der Waals surface area (Å²) in [6.45, 7) is 3.32. The van der Waals surface area contributed by atoms with Crippen LogP contribution in [0.5, 0.6) is 11.5 Å². The molecule has 1 amide bonds. The predicted octanol–water partition coefficient (Wildman–Crippen LogP) is 7.70. The van der Waals surface area contributed by atoms with E-state index in [1.165, 1.54) is 23.6 Å². The van der Waals surface area contributed by atoms with Crippen molar-refractivity contribution in [1.82, 2.24) is 15.0 Å². The van der Waals surface area contributed by atoms with Gasteiger partial charge >= 0.3 is 6.09 Å². The third-order valence-corrected chi connectivity index (χ3v) is 7.85. The van der Waals surface area contributed by atoms with Crippen LogP contribution in [0.1, 0.15) is 13.8 Å². The first-order chi connectivity index (χ1) is 18.7. The summed E-state index contributed by atoms with van der Waals surface area (Å²) in [4.78, 5) is 26.2. The molecule has 2 aromatic carbocycles. The summed E-state index contributed by atoms with van der Waals surface area (Å²) >= 11 is 14.1. The molecule has 0 bridgehead atoms. The molecule has 0 aliphatic carbocycles. The fourth-order valence-corrected chi connectivity index (χ4v) is 5.72. The van der Waals surface area contributed by atoms with Crippen molar-refractivity contribution in [3.63, 3.8) is 0 Å². The Morgan fingerprint density at radius 1 is 1.15 bits per heavy atom. The van der Waals surface area contributed by atoms with Crippen molar-refractivity contribution in [2.75, 3.05) is 12.0 Å². The number of methoxy groups -OCH3 is 1. The molecule has 3 heterocycles.